The van der Waals surface area contributed by atoms with Crippen LogP contribution in [0.5, 0.6) is 11.5 Å². The van der Waals surface area contributed by atoms with Crippen LogP contribution in [0.4, 0.5) is 15.8 Å². The first-order valence-corrected chi connectivity index (χ1v) is 8.69. The lowest BCUT2D eigenvalue weighted by molar-refractivity contribution is 0.102. The minimum Gasteiger partial charge on any atom is -0.497 e. The van der Waals surface area contributed by atoms with Crippen molar-refractivity contribution in [3.05, 3.63) is 47.8 Å². The van der Waals surface area contributed by atoms with E-state index in [9.17, 15) is 9.18 Å². The first-order chi connectivity index (χ1) is 12.6. The molecule has 1 N–H and O–H groups in total. The molecule has 6 heteroatoms. The Kier molecular flexibility index (Phi) is 5.61. The van der Waals surface area contributed by atoms with E-state index in [1.54, 1.807) is 30.3 Å². The van der Waals surface area contributed by atoms with Gasteiger partial charge in [0.2, 0.25) is 0 Å². The number of rotatable bonds is 5. The summed E-state index contributed by atoms with van der Waals surface area (Å²) in [5.41, 5.74) is 1.42. The number of carbonyl (C=O) groups is 1. The van der Waals surface area contributed by atoms with Crippen LogP contribution >= 0.6 is 0 Å². The Balaban J connectivity index is 1.82. The number of anilines is 2. The van der Waals surface area contributed by atoms with Gasteiger partial charge in [0.1, 0.15) is 17.3 Å². The zero-order valence-electron chi connectivity index (χ0n) is 15.0. The molecule has 0 radical (unpaired) electrons. The molecular weight excluding hydrogens is 335 g/mol. The fourth-order valence-electron chi connectivity index (χ4n) is 3.09. The number of halogens is 1. The van der Waals surface area contributed by atoms with Crippen LogP contribution in [0.15, 0.2) is 36.4 Å². The van der Waals surface area contributed by atoms with E-state index >= 15 is 0 Å². The van der Waals surface area contributed by atoms with Crippen molar-refractivity contribution in [2.45, 2.75) is 19.3 Å². The van der Waals surface area contributed by atoms with E-state index < -0.39 is 11.7 Å². The standard InChI is InChI=1S/C20H23FN2O3/c1-25-16-10-14(11-17(13-16)26-2)20(24)22-19-12-15(6-7-18(19)21)23-8-4-3-5-9-23/h6-7,10-13H,3-5,8-9H2,1-2H3,(H,22,24). The zero-order chi connectivity index (χ0) is 18.5. The molecule has 0 atom stereocenters. The molecule has 0 aromatic heterocycles. The van der Waals surface area contributed by atoms with E-state index in [4.69, 9.17) is 9.47 Å². The maximum Gasteiger partial charge on any atom is 0.256 e. The summed E-state index contributed by atoms with van der Waals surface area (Å²) in [5, 5.41) is 2.66. The van der Waals surface area contributed by atoms with Gasteiger partial charge in [-0.1, -0.05) is 0 Å². The van der Waals surface area contributed by atoms with E-state index in [0.717, 1.165) is 31.6 Å². The molecule has 2 aromatic rings. The Morgan fingerprint density at radius 1 is 1.00 bits per heavy atom. The van der Waals surface area contributed by atoms with Gasteiger partial charge in [0.05, 0.1) is 19.9 Å². The second kappa shape index (κ2) is 8.08. The van der Waals surface area contributed by atoms with E-state index in [2.05, 4.69) is 10.2 Å². The number of hydrogen-bond acceptors (Lipinski definition) is 4. The Bertz CT molecular complexity index is 766. The van der Waals surface area contributed by atoms with Crippen molar-refractivity contribution in [3.8, 4) is 11.5 Å². The molecule has 138 valence electrons. The molecule has 3 rings (SSSR count). The summed E-state index contributed by atoms with van der Waals surface area (Å²) in [7, 11) is 3.02. The summed E-state index contributed by atoms with van der Waals surface area (Å²) in [6.07, 6.45) is 3.48. The molecule has 2 aromatic carbocycles. The van der Waals surface area contributed by atoms with Crippen LogP contribution in [0.1, 0.15) is 29.6 Å². The van der Waals surface area contributed by atoms with Crippen molar-refractivity contribution in [3.63, 3.8) is 0 Å². The Morgan fingerprint density at radius 3 is 2.27 bits per heavy atom. The van der Waals surface area contributed by atoms with Gasteiger partial charge in [0.25, 0.3) is 5.91 Å². The Labute approximate surface area is 152 Å². The summed E-state index contributed by atoms with van der Waals surface area (Å²) in [6, 6.07) is 9.69. The molecule has 1 heterocycles. The Morgan fingerprint density at radius 2 is 1.65 bits per heavy atom. The molecule has 0 aliphatic carbocycles. The number of methoxy groups -OCH3 is 2. The summed E-state index contributed by atoms with van der Waals surface area (Å²) < 4.78 is 24.6. The zero-order valence-corrected chi connectivity index (χ0v) is 15.0. The van der Waals surface area contributed by atoms with Crippen molar-refractivity contribution in [1.29, 1.82) is 0 Å². The van der Waals surface area contributed by atoms with Crippen LogP contribution in [0.25, 0.3) is 0 Å². The van der Waals surface area contributed by atoms with Crippen molar-refractivity contribution >= 4 is 17.3 Å². The fourth-order valence-corrected chi connectivity index (χ4v) is 3.09. The topological polar surface area (TPSA) is 50.8 Å². The van der Waals surface area contributed by atoms with E-state index in [1.807, 2.05) is 0 Å². The van der Waals surface area contributed by atoms with Crippen molar-refractivity contribution in [2.75, 3.05) is 37.5 Å². The first-order valence-electron chi connectivity index (χ1n) is 8.69. The quantitative estimate of drug-likeness (QED) is 0.875. The van der Waals surface area contributed by atoms with Gasteiger partial charge in [0.15, 0.2) is 0 Å². The number of ether oxygens (including phenoxy) is 2. The van der Waals surface area contributed by atoms with Gasteiger partial charge in [-0.15, -0.1) is 0 Å². The number of hydrogen-bond donors (Lipinski definition) is 1. The molecule has 0 bridgehead atoms. The highest BCUT2D eigenvalue weighted by Crippen LogP contribution is 2.27. The third-order valence-corrected chi connectivity index (χ3v) is 4.53. The minimum atomic E-state index is -0.464. The number of piperidine rings is 1. The second-order valence-electron chi connectivity index (χ2n) is 6.27. The van der Waals surface area contributed by atoms with Gasteiger partial charge in [-0.2, -0.15) is 0 Å². The van der Waals surface area contributed by atoms with Crippen LogP contribution in [-0.4, -0.2) is 33.2 Å². The lowest BCUT2D eigenvalue weighted by Crippen LogP contribution is -2.29. The van der Waals surface area contributed by atoms with Crippen LogP contribution in [0, 0.1) is 5.82 Å². The number of amides is 1. The SMILES string of the molecule is COc1cc(OC)cc(C(=O)Nc2cc(N3CCCCC3)ccc2F)c1. The monoisotopic (exact) mass is 358 g/mol. The molecule has 5 nitrogen and oxygen atoms in total. The van der Waals surface area contributed by atoms with Gasteiger partial charge >= 0.3 is 0 Å². The van der Waals surface area contributed by atoms with Crippen LogP contribution in [0.2, 0.25) is 0 Å². The maximum atomic E-state index is 14.2. The summed E-state index contributed by atoms with van der Waals surface area (Å²) in [4.78, 5) is 14.8. The first kappa shape index (κ1) is 18.0. The lowest BCUT2D eigenvalue weighted by Gasteiger charge is -2.29. The van der Waals surface area contributed by atoms with Crippen LogP contribution < -0.4 is 19.7 Å². The third-order valence-electron chi connectivity index (χ3n) is 4.53. The minimum absolute atomic E-state index is 0.167. The molecule has 1 aliphatic rings. The Hall–Kier alpha value is -2.76. The van der Waals surface area contributed by atoms with Gasteiger partial charge in [-0.25, -0.2) is 4.39 Å². The number of benzene rings is 2. The average molecular weight is 358 g/mol. The average Bonchev–Trinajstić information content (AvgIpc) is 2.69. The summed E-state index contributed by atoms with van der Waals surface area (Å²) in [6.45, 7) is 1.90. The van der Waals surface area contributed by atoms with E-state index in [0.29, 0.717) is 17.1 Å². The molecule has 0 unspecified atom stereocenters. The van der Waals surface area contributed by atoms with Gasteiger partial charge < -0.3 is 19.7 Å². The molecule has 0 spiro atoms. The highest BCUT2D eigenvalue weighted by atomic mass is 19.1. The second-order valence-corrected chi connectivity index (χ2v) is 6.27. The van der Waals surface area contributed by atoms with Gasteiger partial charge in [-0.3, -0.25) is 4.79 Å². The van der Waals surface area contributed by atoms with Gasteiger partial charge in [0, 0.05) is 30.4 Å². The van der Waals surface area contributed by atoms with Crippen molar-refractivity contribution in [2.24, 2.45) is 0 Å². The van der Waals surface area contributed by atoms with E-state index in [-0.39, 0.29) is 5.69 Å². The molecule has 26 heavy (non-hydrogen) atoms. The number of carbonyl (C=O) groups excluding carboxylic acids is 1. The van der Waals surface area contributed by atoms with Gasteiger partial charge in [-0.05, 0) is 49.6 Å². The molecule has 0 saturated carbocycles. The molecule has 1 fully saturated rings. The molecule has 1 amide bonds. The highest BCUT2D eigenvalue weighted by Gasteiger charge is 2.16. The summed E-state index contributed by atoms with van der Waals surface area (Å²) >= 11 is 0. The lowest BCUT2D eigenvalue weighted by atomic mass is 10.1. The van der Waals surface area contributed by atoms with Crippen LogP contribution in [0.3, 0.4) is 0 Å². The predicted octanol–water partition coefficient (Wildman–Crippen LogP) is 4.09. The third kappa shape index (κ3) is 4.07. The molecular formula is C20H23FN2O3. The van der Waals surface area contributed by atoms with E-state index in [1.165, 1.54) is 26.7 Å². The van der Waals surface area contributed by atoms with Crippen LogP contribution in [-0.2, 0) is 0 Å². The predicted molar refractivity (Wildman–Crippen MR) is 100.0 cm³/mol. The van der Waals surface area contributed by atoms with Crippen molar-refractivity contribution in [1.82, 2.24) is 0 Å². The molecule has 1 aliphatic heterocycles. The number of nitrogens with zero attached hydrogens (tertiary/aromatic N) is 1. The van der Waals surface area contributed by atoms with Crippen molar-refractivity contribution < 1.29 is 18.7 Å². The largest absolute Gasteiger partial charge is 0.497 e. The number of nitrogens with one attached hydrogen (secondary N) is 1. The summed E-state index contributed by atoms with van der Waals surface area (Å²) in [5.74, 6) is 0.111. The fraction of sp³-hybridized carbons (Fsp3) is 0.350. The smallest absolute Gasteiger partial charge is 0.256 e. The molecule has 1 saturated heterocycles. The normalized spacial score (nSPS) is 14.0. The highest BCUT2D eigenvalue weighted by molar-refractivity contribution is 6.05. The maximum absolute atomic E-state index is 14.2.